The van der Waals surface area contributed by atoms with Gasteiger partial charge in [0.05, 0.1) is 0 Å². The summed E-state index contributed by atoms with van der Waals surface area (Å²) in [6.07, 6.45) is 0.682. The molecule has 1 heterocycles. The molecule has 4 nitrogen and oxygen atoms in total. The van der Waals surface area contributed by atoms with Crippen molar-refractivity contribution in [3.8, 4) is 0 Å². The summed E-state index contributed by atoms with van der Waals surface area (Å²) >= 11 is 0. The van der Waals surface area contributed by atoms with Crippen LogP contribution in [0.15, 0.2) is 42.5 Å². The van der Waals surface area contributed by atoms with Gasteiger partial charge in [-0.1, -0.05) is 30.3 Å². The molecule has 0 aromatic heterocycles. The fourth-order valence-electron chi connectivity index (χ4n) is 2.91. The quantitative estimate of drug-likeness (QED) is 0.848. The van der Waals surface area contributed by atoms with E-state index in [0.29, 0.717) is 19.5 Å². The van der Waals surface area contributed by atoms with Crippen LogP contribution >= 0.6 is 0 Å². The number of fused-ring (bicyclic) bond motifs is 1. The number of hydrogen-bond acceptors (Lipinski definition) is 2. The molecule has 0 fully saturated rings. The molecule has 0 unspecified atom stereocenters. The third-order valence-corrected chi connectivity index (χ3v) is 4.24. The van der Waals surface area contributed by atoms with Crippen LogP contribution in [0.1, 0.15) is 34.3 Å². The van der Waals surface area contributed by atoms with Gasteiger partial charge in [-0.05, 0) is 29.7 Å². The second-order valence-corrected chi connectivity index (χ2v) is 5.97. The summed E-state index contributed by atoms with van der Waals surface area (Å²) < 4.78 is 27.0. The Balaban J connectivity index is 1.45. The van der Waals surface area contributed by atoms with Gasteiger partial charge in [-0.15, -0.1) is 0 Å². The molecular formula is C19H18F2N2O2. The lowest BCUT2D eigenvalue weighted by Crippen LogP contribution is -2.29. The molecular weight excluding hydrogens is 326 g/mol. The van der Waals surface area contributed by atoms with Crippen molar-refractivity contribution in [1.29, 1.82) is 0 Å². The number of hydrogen-bond donors (Lipinski definition) is 1. The molecule has 0 atom stereocenters. The van der Waals surface area contributed by atoms with Crippen LogP contribution in [0, 0.1) is 11.6 Å². The third kappa shape index (κ3) is 3.84. The van der Waals surface area contributed by atoms with Gasteiger partial charge in [0.2, 0.25) is 5.91 Å². The molecule has 0 saturated heterocycles. The Morgan fingerprint density at radius 2 is 1.56 bits per heavy atom. The van der Waals surface area contributed by atoms with Gasteiger partial charge in [0.25, 0.3) is 5.91 Å². The zero-order chi connectivity index (χ0) is 17.8. The number of benzene rings is 2. The minimum atomic E-state index is -0.900. The fourth-order valence-corrected chi connectivity index (χ4v) is 2.91. The van der Waals surface area contributed by atoms with Crippen molar-refractivity contribution in [3.05, 3.63) is 70.8 Å². The van der Waals surface area contributed by atoms with E-state index in [-0.39, 0.29) is 18.9 Å². The van der Waals surface area contributed by atoms with Crippen molar-refractivity contribution in [2.75, 3.05) is 6.54 Å². The first-order valence-corrected chi connectivity index (χ1v) is 8.13. The van der Waals surface area contributed by atoms with Crippen molar-refractivity contribution in [3.63, 3.8) is 0 Å². The standard InChI is InChI=1S/C19H18F2N2O2/c20-15-7-3-8-16(21)18(15)19(25)22-10-4-9-17(24)23-11-13-5-1-2-6-14(13)12-23/h1-3,5-8H,4,9-12H2,(H,22,25). The Morgan fingerprint density at radius 1 is 0.960 bits per heavy atom. The van der Waals surface area contributed by atoms with E-state index in [9.17, 15) is 18.4 Å². The molecule has 0 bridgehead atoms. The summed E-state index contributed by atoms with van der Waals surface area (Å²) in [4.78, 5) is 25.8. The number of nitrogens with one attached hydrogen (secondary N) is 1. The molecule has 6 heteroatoms. The van der Waals surface area contributed by atoms with Crippen molar-refractivity contribution in [2.45, 2.75) is 25.9 Å². The Bertz CT molecular complexity index is 763. The van der Waals surface area contributed by atoms with Crippen LogP contribution in [-0.4, -0.2) is 23.3 Å². The summed E-state index contributed by atoms with van der Waals surface area (Å²) in [6.45, 7) is 1.38. The zero-order valence-electron chi connectivity index (χ0n) is 13.6. The predicted octanol–water partition coefficient (Wildman–Crippen LogP) is 3.02. The van der Waals surface area contributed by atoms with E-state index < -0.39 is 23.1 Å². The van der Waals surface area contributed by atoms with Crippen LogP contribution in [0.5, 0.6) is 0 Å². The van der Waals surface area contributed by atoms with E-state index >= 15 is 0 Å². The van der Waals surface area contributed by atoms with Crippen LogP contribution in [-0.2, 0) is 17.9 Å². The minimum Gasteiger partial charge on any atom is -0.352 e. The molecule has 1 N–H and O–H groups in total. The van der Waals surface area contributed by atoms with E-state index in [0.717, 1.165) is 23.3 Å². The molecule has 2 amide bonds. The van der Waals surface area contributed by atoms with Crippen LogP contribution in [0.25, 0.3) is 0 Å². The highest BCUT2D eigenvalue weighted by molar-refractivity contribution is 5.94. The molecule has 3 rings (SSSR count). The molecule has 1 aliphatic rings. The highest BCUT2D eigenvalue weighted by Crippen LogP contribution is 2.22. The van der Waals surface area contributed by atoms with E-state index in [1.54, 1.807) is 4.90 Å². The maximum absolute atomic E-state index is 13.5. The largest absolute Gasteiger partial charge is 0.352 e. The normalized spacial score (nSPS) is 12.8. The summed E-state index contributed by atoms with van der Waals surface area (Å²) in [5.74, 6) is -2.61. The van der Waals surface area contributed by atoms with Crippen molar-refractivity contribution in [2.24, 2.45) is 0 Å². The average Bonchev–Trinajstić information content (AvgIpc) is 3.02. The number of rotatable bonds is 5. The first kappa shape index (κ1) is 17.1. The molecule has 25 heavy (non-hydrogen) atoms. The molecule has 0 radical (unpaired) electrons. The van der Waals surface area contributed by atoms with E-state index in [2.05, 4.69) is 5.32 Å². The fraction of sp³-hybridized carbons (Fsp3) is 0.263. The highest BCUT2D eigenvalue weighted by atomic mass is 19.1. The van der Waals surface area contributed by atoms with Gasteiger partial charge >= 0.3 is 0 Å². The van der Waals surface area contributed by atoms with Gasteiger partial charge in [0, 0.05) is 26.1 Å². The minimum absolute atomic E-state index is 0.00233. The van der Waals surface area contributed by atoms with Gasteiger partial charge in [-0.3, -0.25) is 9.59 Å². The van der Waals surface area contributed by atoms with Crippen LogP contribution in [0.4, 0.5) is 8.78 Å². The van der Waals surface area contributed by atoms with Gasteiger partial charge in [0.15, 0.2) is 0 Å². The monoisotopic (exact) mass is 344 g/mol. The Labute approximate surface area is 144 Å². The maximum Gasteiger partial charge on any atom is 0.257 e. The van der Waals surface area contributed by atoms with Crippen molar-refractivity contribution in [1.82, 2.24) is 10.2 Å². The summed E-state index contributed by atoms with van der Waals surface area (Å²) in [6, 6.07) is 11.2. The van der Waals surface area contributed by atoms with Crippen molar-refractivity contribution < 1.29 is 18.4 Å². The SMILES string of the molecule is O=C(NCCCC(=O)N1Cc2ccccc2C1)c1c(F)cccc1F. The van der Waals surface area contributed by atoms with Crippen molar-refractivity contribution >= 4 is 11.8 Å². The maximum atomic E-state index is 13.5. The Hall–Kier alpha value is -2.76. The number of carbonyl (C=O) groups excluding carboxylic acids is 2. The summed E-state index contributed by atoms with van der Waals surface area (Å²) in [7, 11) is 0. The molecule has 0 spiro atoms. The summed E-state index contributed by atoms with van der Waals surface area (Å²) in [5, 5.41) is 2.45. The second-order valence-electron chi connectivity index (χ2n) is 5.97. The number of carbonyl (C=O) groups is 2. The van der Waals surface area contributed by atoms with E-state index in [4.69, 9.17) is 0 Å². The lowest BCUT2D eigenvalue weighted by Gasteiger charge is -2.15. The molecule has 1 aliphatic heterocycles. The second kappa shape index (κ2) is 7.42. The highest BCUT2D eigenvalue weighted by Gasteiger charge is 2.22. The van der Waals surface area contributed by atoms with Crippen LogP contribution in [0.2, 0.25) is 0 Å². The van der Waals surface area contributed by atoms with E-state index in [1.807, 2.05) is 24.3 Å². The van der Waals surface area contributed by atoms with Gasteiger partial charge in [0.1, 0.15) is 17.2 Å². The van der Waals surface area contributed by atoms with Gasteiger partial charge < -0.3 is 10.2 Å². The number of amides is 2. The number of nitrogens with zero attached hydrogens (tertiary/aromatic N) is 1. The van der Waals surface area contributed by atoms with Crippen LogP contribution < -0.4 is 5.32 Å². The van der Waals surface area contributed by atoms with Gasteiger partial charge in [-0.2, -0.15) is 0 Å². The Kier molecular flexibility index (Phi) is 5.07. The summed E-state index contributed by atoms with van der Waals surface area (Å²) in [5.41, 5.74) is 1.71. The zero-order valence-corrected chi connectivity index (χ0v) is 13.6. The molecule has 2 aromatic rings. The van der Waals surface area contributed by atoms with Gasteiger partial charge in [-0.25, -0.2) is 8.78 Å². The predicted molar refractivity (Wildman–Crippen MR) is 88.6 cm³/mol. The smallest absolute Gasteiger partial charge is 0.257 e. The molecule has 0 aliphatic carbocycles. The molecule has 130 valence electrons. The van der Waals surface area contributed by atoms with Crippen LogP contribution in [0.3, 0.4) is 0 Å². The first-order valence-electron chi connectivity index (χ1n) is 8.13. The Morgan fingerprint density at radius 3 is 2.16 bits per heavy atom. The first-order chi connectivity index (χ1) is 12.1. The molecule has 0 saturated carbocycles. The number of halogens is 2. The average molecular weight is 344 g/mol. The topological polar surface area (TPSA) is 49.4 Å². The molecule has 2 aromatic carbocycles. The lowest BCUT2D eigenvalue weighted by molar-refractivity contribution is -0.131. The lowest BCUT2D eigenvalue weighted by atomic mass is 10.1. The third-order valence-electron chi connectivity index (χ3n) is 4.24. The van der Waals surface area contributed by atoms with E-state index in [1.165, 1.54) is 6.07 Å².